The lowest BCUT2D eigenvalue weighted by Crippen LogP contribution is -2.36. The lowest BCUT2D eigenvalue weighted by Gasteiger charge is -2.30. The van der Waals surface area contributed by atoms with Crippen LogP contribution in [0, 0.1) is 0 Å². The van der Waals surface area contributed by atoms with Gasteiger partial charge in [-0.25, -0.2) is 0 Å². The predicted octanol–water partition coefficient (Wildman–Crippen LogP) is 2.49. The first-order chi connectivity index (χ1) is 9.70. The van der Waals surface area contributed by atoms with Gasteiger partial charge in [-0.1, -0.05) is 32.6 Å². The van der Waals surface area contributed by atoms with Crippen molar-refractivity contribution in [2.45, 2.75) is 82.7 Å². The zero-order chi connectivity index (χ0) is 14.1. The largest absolute Gasteiger partial charge is 0.491 e. The molecule has 2 heterocycles. The number of Topliss-reactive ketones (excluding diaryl/α,β-unsaturated/α-hetero) is 1. The van der Waals surface area contributed by atoms with E-state index in [0.29, 0.717) is 18.4 Å². The molecule has 20 heavy (non-hydrogen) atoms. The Morgan fingerprint density at radius 1 is 1.30 bits per heavy atom. The maximum Gasteiger partial charge on any atom is 0.193 e. The van der Waals surface area contributed by atoms with E-state index in [9.17, 15) is 9.90 Å². The highest BCUT2D eigenvalue weighted by atomic mass is 16.6. The Morgan fingerprint density at radius 3 is 2.95 bits per heavy atom. The lowest BCUT2D eigenvalue weighted by atomic mass is 9.87. The normalized spacial score (nSPS) is 36.0. The number of hydrogen-bond donors (Lipinski definition) is 1. The number of allylic oxidation sites excluding steroid dienone is 1. The molecule has 1 saturated heterocycles. The topological polar surface area (TPSA) is 55.8 Å². The smallest absolute Gasteiger partial charge is 0.193 e. The third kappa shape index (κ3) is 2.51. The molecule has 2 bridgehead atoms. The van der Waals surface area contributed by atoms with Crippen molar-refractivity contribution in [3.63, 3.8) is 0 Å². The van der Waals surface area contributed by atoms with Crippen molar-refractivity contribution < 1.29 is 19.4 Å². The summed E-state index contributed by atoms with van der Waals surface area (Å²) in [5.74, 6) is 0.610. The number of ketones is 1. The molecular weight excluding hydrogens is 256 g/mol. The highest BCUT2D eigenvalue weighted by Gasteiger charge is 2.48. The number of aliphatic hydroxyl groups excluding tert-OH is 1. The van der Waals surface area contributed by atoms with Gasteiger partial charge in [0.2, 0.25) is 0 Å². The Kier molecular flexibility index (Phi) is 4.13. The molecule has 4 nitrogen and oxygen atoms in total. The minimum atomic E-state index is -0.860. The minimum absolute atomic E-state index is 0.114. The summed E-state index contributed by atoms with van der Waals surface area (Å²) >= 11 is 0. The van der Waals surface area contributed by atoms with Crippen LogP contribution in [0.1, 0.15) is 58.3 Å². The average molecular weight is 280 g/mol. The van der Waals surface area contributed by atoms with Crippen molar-refractivity contribution >= 4 is 5.78 Å². The van der Waals surface area contributed by atoms with E-state index in [-0.39, 0.29) is 24.1 Å². The van der Waals surface area contributed by atoms with E-state index in [1.165, 1.54) is 19.3 Å². The first-order valence-corrected chi connectivity index (χ1v) is 7.98. The van der Waals surface area contributed by atoms with E-state index >= 15 is 0 Å². The van der Waals surface area contributed by atoms with E-state index in [1.54, 1.807) is 0 Å². The van der Waals surface area contributed by atoms with Gasteiger partial charge in [-0.15, -0.1) is 0 Å². The fourth-order valence-electron chi connectivity index (χ4n) is 3.55. The molecule has 4 heteroatoms. The molecule has 0 spiro atoms. The molecule has 3 rings (SSSR count). The third-order valence-corrected chi connectivity index (χ3v) is 4.67. The molecule has 1 fully saturated rings. The van der Waals surface area contributed by atoms with E-state index in [1.807, 2.05) is 0 Å². The van der Waals surface area contributed by atoms with Gasteiger partial charge < -0.3 is 14.6 Å². The minimum Gasteiger partial charge on any atom is -0.491 e. The Labute approximate surface area is 120 Å². The SMILES string of the molecule is CCCCCC[C@@H]1O[C@H]2C[C@@H]1OC1=C2C(=O)[C@@H](O)CC1. The van der Waals surface area contributed by atoms with Crippen LogP contribution < -0.4 is 0 Å². The van der Waals surface area contributed by atoms with Crippen molar-refractivity contribution in [2.75, 3.05) is 0 Å². The predicted molar refractivity (Wildman–Crippen MR) is 74.2 cm³/mol. The Hall–Kier alpha value is -0.870. The summed E-state index contributed by atoms with van der Waals surface area (Å²) in [6.45, 7) is 2.21. The molecule has 1 N–H and O–H groups in total. The average Bonchev–Trinajstić information content (AvgIpc) is 2.76. The van der Waals surface area contributed by atoms with Crippen LogP contribution in [0.2, 0.25) is 0 Å². The summed E-state index contributed by atoms with van der Waals surface area (Å²) in [5.41, 5.74) is 0.621. The maximum atomic E-state index is 12.1. The van der Waals surface area contributed by atoms with Crippen molar-refractivity contribution in [1.29, 1.82) is 0 Å². The molecule has 0 aromatic rings. The van der Waals surface area contributed by atoms with Crippen LogP contribution in [0.5, 0.6) is 0 Å². The Balaban J connectivity index is 1.62. The van der Waals surface area contributed by atoms with Crippen LogP contribution in [0.15, 0.2) is 11.3 Å². The maximum absolute atomic E-state index is 12.1. The molecule has 0 aromatic carbocycles. The monoisotopic (exact) mass is 280 g/mol. The first-order valence-electron chi connectivity index (χ1n) is 7.98. The van der Waals surface area contributed by atoms with Gasteiger partial charge >= 0.3 is 0 Å². The standard InChI is InChI=1S/C16H24O4/c1-2-3-4-5-6-11-13-9-14(19-11)15-12(20-13)8-7-10(17)16(15)18/h10-11,13-14,17H,2-9H2,1H3/t10-,11-,13-,14-/m0/s1. The molecule has 2 aliphatic heterocycles. The zero-order valence-corrected chi connectivity index (χ0v) is 12.1. The second kappa shape index (κ2) is 5.86. The molecule has 0 amide bonds. The van der Waals surface area contributed by atoms with Gasteiger partial charge in [0.25, 0.3) is 0 Å². The molecule has 0 unspecified atom stereocenters. The summed E-state index contributed by atoms with van der Waals surface area (Å²) in [7, 11) is 0. The number of hydrogen-bond acceptors (Lipinski definition) is 4. The van der Waals surface area contributed by atoms with E-state index < -0.39 is 6.10 Å². The highest BCUT2D eigenvalue weighted by molar-refractivity contribution is 6.01. The van der Waals surface area contributed by atoms with Gasteiger partial charge in [-0.2, -0.15) is 0 Å². The number of aliphatic hydroxyl groups is 1. The van der Waals surface area contributed by atoms with Gasteiger partial charge in [0.15, 0.2) is 5.78 Å². The molecule has 3 aliphatic rings. The van der Waals surface area contributed by atoms with Crippen LogP contribution >= 0.6 is 0 Å². The highest BCUT2D eigenvalue weighted by Crippen LogP contribution is 2.42. The second-order valence-corrected chi connectivity index (χ2v) is 6.16. The Morgan fingerprint density at radius 2 is 2.15 bits per heavy atom. The number of fused-ring (bicyclic) bond motifs is 3. The summed E-state index contributed by atoms with van der Waals surface area (Å²) in [4.78, 5) is 12.1. The lowest BCUT2D eigenvalue weighted by molar-refractivity contribution is -0.126. The molecular formula is C16H24O4. The summed E-state index contributed by atoms with van der Waals surface area (Å²) in [6.07, 6.45) is 7.06. The first kappa shape index (κ1) is 14.1. The van der Waals surface area contributed by atoms with E-state index in [4.69, 9.17) is 9.47 Å². The Bertz CT molecular complexity index is 415. The third-order valence-electron chi connectivity index (χ3n) is 4.67. The van der Waals surface area contributed by atoms with Crippen LogP contribution in [-0.2, 0) is 14.3 Å². The van der Waals surface area contributed by atoms with E-state index in [0.717, 1.165) is 25.0 Å². The fraction of sp³-hybridized carbons (Fsp3) is 0.812. The van der Waals surface area contributed by atoms with Gasteiger partial charge in [0.1, 0.15) is 18.0 Å². The molecule has 0 radical (unpaired) electrons. The molecule has 1 aliphatic carbocycles. The molecule has 112 valence electrons. The van der Waals surface area contributed by atoms with Crippen molar-refractivity contribution in [2.24, 2.45) is 0 Å². The molecule has 0 aromatic heterocycles. The van der Waals surface area contributed by atoms with Crippen LogP contribution in [0.3, 0.4) is 0 Å². The van der Waals surface area contributed by atoms with Crippen molar-refractivity contribution in [1.82, 2.24) is 0 Å². The van der Waals surface area contributed by atoms with Gasteiger partial charge in [-0.3, -0.25) is 4.79 Å². The summed E-state index contributed by atoms with van der Waals surface area (Å²) < 4.78 is 12.0. The summed E-state index contributed by atoms with van der Waals surface area (Å²) in [6, 6.07) is 0. The van der Waals surface area contributed by atoms with Gasteiger partial charge in [0, 0.05) is 12.8 Å². The van der Waals surface area contributed by atoms with Gasteiger partial charge in [-0.05, 0) is 12.8 Å². The quantitative estimate of drug-likeness (QED) is 0.786. The number of carbonyl (C=O) groups excluding carboxylic acids is 1. The van der Waals surface area contributed by atoms with Crippen molar-refractivity contribution in [3.8, 4) is 0 Å². The number of carbonyl (C=O) groups is 1. The van der Waals surface area contributed by atoms with E-state index in [2.05, 4.69) is 6.92 Å². The second-order valence-electron chi connectivity index (χ2n) is 6.16. The number of ether oxygens (including phenoxy) is 2. The van der Waals surface area contributed by atoms with Crippen LogP contribution in [0.4, 0.5) is 0 Å². The number of unbranched alkanes of at least 4 members (excludes halogenated alkanes) is 3. The fourth-order valence-corrected chi connectivity index (χ4v) is 3.55. The van der Waals surface area contributed by atoms with Crippen LogP contribution in [0.25, 0.3) is 0 Å². The molecule has 4 atom stereocenters. The van der Waals surface area contributed by atoms with Gasteiger partial charge in [0.05, 0.1) is 17.8 Å². The van der Waals surface area contributed by atoms with Crippen molar-refractivity contribution in [3.05, 3.63) is 11.3 Å². The van der Waals surface area contributed by atoms with Crippen LogP contribution in [-0.4, -0.2) is 35.3 Å². The molecule has 0 saturated carbocycles. The number of rotatable bonds is 5. The zero-order valence-electron chi connectivity index (χ0n) is 12.1. The summed E-state index contributed by atoms with van der Waals surface area (Å²) in [5, 5.41) is 9.72.